The number of piperazine rings is 1. The molecule has 1 fully saturated rings. The SMILES string of the molecule is O=C(CN1CCN(S(=O)(=O)Cc2ccccc2)CC1)N(Cc1ccco1)C1=CCCCC1. The first-order valence-corrected chi connectivity index (χ1v) is 12.9. The van der Waals surface area contributed by atoms with Gasteiger partial charge in [-0.3, -0.25) is 9.69 Å². The summed E-state index contributed by atoms with van der Waals surface area (Å²) in [6.07, 6.45) is 7.94. The molecule has 1 aliphatic heterocycles. The zero-order valence-electron chi connectivity index (χ0n) is 18.4. The molecule has 2 heterocycles. The van der Waals surface area contributed by atoms with Gasteiger partial charge >= 0.3 is 0 Å². The van der Waals surface area contributed by atoms with E-state index in [2.05, 4.69) is 11.0 Å². The first-order valence-electron chi connectivity index (χ1n) is 11.3. The van der Waals surface area contributed by atoms with E-state index >= 15 is 0 Å². The Balaban J connectivity index is 1.34. The zero-order valence-corrected chi connectivity index (χ0v) is 19.2. The van der Waals surface area contributed by atoms with Gasteiger partial charge in [-0.1, -0.05) is 36.4 Å². The minimum absolute atomic E-state index is 0.0118. The van der Waals surface area contributed by atoms with Crippen LogP contribution in [0.25, 0.3) is 0 Å². The zero-order chi connectivity index (χ0) is 22.4. The number of hydrogen-bond donors (Lipinski definition) is 0. The van der Waals surface area contributed by atoms with Crippen LogP contribution in [0.3, 0.4) is 0 Å². The molecule has 0 unspecified atom stereocenters. The van der Waals surface area contributed by atoms with Crippen molar-refractivity contribution >= 4 is 15.9 Å². The van der Waals surface area contributed by atoms with E-state index in [1.54, 1.807) is 10.6 Å². The van der Waals surface area contributed by atoms with E-state index in [-0.39, 0.29) is 18.2 Å². The minimum Gasteiger partial charge on any atom is -0.467 e. The lowest BCUT2D eigenvalue weighted by atomic mass is 10.0. The molecule has 1 amide bonds. The second kappa shape index (κ2) is 10.5. The summed E-state index contributed by atoms with van der Waals surface area (Å²) < 4.78 is 32.6. The van der Waals surface area contributed by atoms with Gasteiger partial charge in [0.1, 0.15) is 5.76 Å². The third-order valence-corrected chi connectivity index (χ3v) is 7.93. The van der Waals surface area contributed by atoms with Crippen LogP contribution in [0, 0.1) is 0 Å². The number of hydrogen-bond acceptors (Lipinski definition) is 5. The highest BCUT2D eigenvalue weighted by Crippen LogP contribution is 2.24. The van der Waals surface area contributed by atoms with Crippen LogP contribution in [-0.4, -0.2) is 61.2 Å². The van der Waals surface area contributed by atoms with Gasteiger partial charge in [0.15, 0.2) is 0 Å². The summed E-state index contributed by atoms with van der Waals surface area (Å²) >= 11 is 0. The monoisotopic (exact) mass is 457 g/mol. The first kappa shape index (κ1) is 22.8. The molecule has 0 spiro atoms. The van der Waals surface area contributed by atoms with Gasteiger partial charge in [-0.05, 0) is 43.4 Å². The summed E-state index contributed by atoms with van der Waals surface area (Å²) in [6, 6.07) is 13.0. The topological polar surface area (TPSA) is 74.1 Å². The van der Waals surface area contributed by atoms with Crippen molar-refractivity contribution in [2.75, 3.05) is 32.7 Å². The Morgan fingerprint density at radius 2 is 1.78 bits per heavy atom. The molecule has 4 rings (SSSR count). The molecule has 32 heavy (non-hydrogen) atoms. The van der Waals surface area contributed by atoms with E-state index in [1.165, 1.54) is 0 Å². The van der Waals surface area contributed by atoms with Crippen LogP contribution >= 0.6 is 0 Å². The molecule has 0 bridgehead atoms. The number of carbonyl (C=O) groups is 1. The normalized spacial score (nSPS) is 18.3. The van der Waals surface area contributed by atoms with Crippen LogP contribution < -0.4 is 0 Å². The predicted molar refractivity (Wildman–Crippen MR) is 123 cm³/mol. The van der Waals surface area contributed by atoms with Crippen molar-refractivity contribution in [2.45, 2.75) is 38.0 Å². The van der Waals surface area contributed by atoms with Crippen molar-refractivity contribution in [3.63, 3.8) is 0 Å². The van der Waals surface area contributed by atoms with Gasteiger partial charge in [0, 0.05) is 31.9 Å². The van der Waals surface area contributed by atoms with Crippen molar-refractivity contribution in [1.82, 2.24) is 14.1 Å². The lowest BCUT2D eigenvalue weighted by Crippen LogP contribution is -2.51. The summed E-state index contributed by atoms with van der Waals surface area (Å²) in [5, 5.41) is 0. The Hall–Kier alpha value is -2.42. The number of amides is 1. The second-order valence-corrected chi connectivity index (χ2v) is 10.4. The third kappa shape index (κ3) is 5.88. The summed E-state index contributed by atoms with van der Waals surface area (Å²) in [4.78, 5) is 17.1. The van der Waals surface area contributed by atoms with Crippen molar-refractivity contribution in [2.24, 2.45) is 0 Å². The largest absolute Gasteiger partial charge is 0.467 e. The third-order valence-electron chi connectivity index (χ3n) is 6.08. The molecule has 0 N–H and O–H groups in total. The van der Waals surface area contributed by atoms with Crippen LogP contribution in [0.2, 0.25) is 0 Å². The van der Waals surface area contributed by atoms with Gasteiger partial charge in [0.2, 0.25) is 15.9 Å². The number of sulfonamides is 1. The molecule has 1 aromatic carbocycles. The Morgan fingerprint density at radius 1 is 1.00 bits per heavy atom. The summed E-state index contributed by atoms with van der Waals surface area (Å²) in [5.74, 6) is 0.814. The van der Waals surface area contributed by atoms with E-state index in [0.717, 1.165) is 42.7 Å². The maximum atomic E-state index is 13.2. The summed E-state index contributed by atoms with van der Waals surface area (Å²) in [7, 11) is -3.37. The average molecular weight is 458 g/mol. The Bertz CT molecular complexity index is 1010. The van der Waals surface area contributed by atoms with Gasteiger partial charge in [0.25, 0.3) is 0 Å². The van der Waals surface area contributed by atoms with Crippen LogP contribution in [0.4, 0.5) is 0 Å². The molecule has 1 aromatic heterocycles. The number of rotatable bonds is 8. The number of benzene rings is 1. The number of nitrogens with zero attached hydrogens (tertiary/aromatic N) is 3. The molecule has 2 aromatic rings. The minimum atomic E-state index is -3.37. The van der Waals surface area contributed by atoms with E-state index < -0.39 is 10.0 Å². The highest BCUT2D eigenvalue weighted by molar-refractivity contribution is 7.88. The quantitative estimate of drug-likeness (QED) is 0.609. The lowest BCUT2D eigenvalue weighted by molar-refractivity contribution is -0.131. The van der Waals surface area contributed by atoms with Gasteiger partial charge in [-0.25, -0.2) is 8.42 Å². The highest BCUT2D eigenvalue weighted by atomic mass is 32.2. The van der Waals surface area contributed by atoms with Crippen molar-refractivity contribution < 1.29 is 17.6 Å². The van der Waals surface area contributed by atoms with Crippen LogP contribution in [-0.2, 0) is 27.1 Å². The fourth-order valence-electron chi connectivity index (χ4n) is 4.29. The van der Waals surface area contributed by atoms with E-state index in [9.17, 15) is 13.2 Å². The number of furan rings is 1. The van der Waals surface area contributed by atoms with E-state index in [1.807, 2.05) is 47.4 Å². The smallest absolute Gasteiger partial charge is 0.241 e. The van der Waals surface area contributed by atoms with Crippen LogP contribution in [0.15, 0.2) is 64.9 Å². The van der Waals surface area contributed by atoms with Crippen molar-refractivity contribution in [3.05, 3.63) is 71.8 Å². The maximum absolute atomic E-state index is 13.2. The molecule has 7 nitrogen and oxygen atoms in total. The van der Waals surface area contributed by atoms with E-state index in [0.29, 0.717) is 32.7 Å². The Labute approximate surface area is 190 Å². The van der Waals surface area contributed by atoms with Gasteiger partial charge in [-0.15, -0.1) is 0 Å². The Morgan fingerprint density at radius 3 is 2.44 bits per heavy atom. The van der Waals surface area contributed by atoms with E-state index in [4.69, 9.17) is 4.42 Å². The van der Waals surface area contributed by atoms with Crippen molar-refractivity contribution in [3.8, 4) is 0 Å². The maximum Gasteiger partial charge on any atom is 0.241 e. The molecule has 1 aliphatic carbocycles. The predicted octanol–water partition coefficient (Wildman–Crippen LogP) is 3.21. The van der Waals surface area contributed by atoms with Crippen LogP contribution in [0.1, 0.15) is 37.0 Å². The second-order valence-electron chi connectivity index (χ2n) is 8.42. The number of allylic oxidation sites excluding steroid dienone is 2. The molecular weight excluding hydrogens is 426 g/mol. The fourth-order valence-corrected chi connectivity index (χ4v) is 5.81. The standard InChI is InChI=1S/C24H31N3O4S/c28-24(27(18-23-12-7-17-31-23)22-10-5-2-6-11-22)19-25-13-15-26(16-14-25)32(29,30)20-21-8-3-1-4-9-21/h1,3-4,7-10,12,17H,2,5-6,11,13-16,18-20H2. The van der Waals surface area contributed by atoms with Crippen molar-refractivity contribution in [1.29, 1.82) is 0 Å². The molecule has 2 aliphatic rings. The highest BCUT2D eigenvalue weighted by Gasteiger charge is 2.29. The fraction of sp³-hybridized carbons (Fsp3) is 0.458. The molecule has 1 saturated heterocycles. The van der Waals surface area contributed by atoms with Crippen LogP contribution in [0.5, 0.6) is 0 Å². The molecule has 0 atom stereocenters. The lowest BCUT2D eigenvalue weighted by Gasteiger charge is -2.35. The van der Waals surface area contributed by atoms with Gasteiger partial charge in [-0.2, -0.15) is 4.31 Å². The average Bonchev–Trinajstić information content (AvgIpc) is 3.32. The molecule has 8 heteroatoms. The first-order chi connectivity index (χ1) is 15.5. The molecule has 0 saturated carbocycles. The molecular formula is C24H31N3O4S. The number of carbonyl (C=O) groups excluding carboxylic acids is 1. The van der Waals surface area contributed by atoms with Gasteiger partial charge < -0.3 is 9.32 Å². The summed E-state index contributed by atoms with van der Waals surface area (Å²) in [6.45, 7) is 2.63. The molecule has 0 radical (unpaired) electrons. The molecule has 172 valence electrons. The van der Waals surface area contributed by atoms with Gasteiger partial charge in [0.05, 0.1) is 25.1 Å². The Kier molecular flexibility index (Phi) is 7.44. The summed E-state index contributed by atoms with van der Waals surface area (Å²) in [5.41, 5.74) is 1.86.